The first-order chi connectivity index (χ1) is 11.7. The Balaban J connectivity index is 1.52. The van der Waals surface area contributed by atoms with Crippen LogP contribution in [0, 0.1) is 0 Å². The van der Waals surface area contributed by atoms with E-state index in [1.54, 1.807) is 13.3 Å². The standard InChI is InChI=1S/C19H26N4O/c1-15(13-16-7-9-18(24-2)10-8-16)21-17-5-4-12-23(14-17)19-6-3-11-20-22-19/h3,6-11,15,17,21H,4-5,12-14H2,1-2H3/t15-,17-/m1/s1. The normalized spacial score (nSPS) is 19.1. The van der Waals surface area contributed by atoms with Gasteiger partial charge in [-0.3, -0.25) is 0 Å². The summed E-state index contributed by atoms with van der Waals surface area (Å²) in [6.45, 7) is 4.31. The van der Waals surface area contributed by atoms with Crippen molar-refractivity contribution in [3.63, 3.8) is 0 Å². The van der Waals surface area contributed by atoms with Gasteiger partial charge in [-0.05, 0) is 56.0 Å². The summed E-state index contributed by atoms with van der Waals surface area (Å²) in [6.07, 6.45) is 5.14. The molecule has 0 radical (unpaired) electrons. The average molecular weight is 326 g/mol. The van der Waals surface area contributed by atoms with Gasteiger partial charge < -0.3 is 15.0 Å². The molecule has 1 fully saturated rings. The van der Waals surface area contributed by atoms with Gasteiger partial charge in [-0.15, -0.1) is 5.10 Å². The minimum absolute atomic E-state index is 0.435. The van der Waals surface area contributed by atoms with E-state index in [4.69, 9.17) is 4.74 Å². The van der Waals surface area contributed by atoms with Crippen molar-refractivity contribution in [3.8, 4) is 5.75 Å². The van der Waals surface area contributed by atoms with Crippen molar-refractivity contribution in [2.75, 3.05) is 25.1 Å². The van der Waals surface area contributed by atoms with Crippen LogP contribution in [0.4, 0.5) is 5.82 Å². The second-order valence-corrected chi connectivity index (χ2v) is 6.49. The molecule has 0 spiro atoms. The predicted octanol–water partition coefficient (Wildman–Crippen LogP) is 2.67. The van der Waals surface area contributed by atoms with Crippen LogP contribution >= 0.6 is 0 Å². The van der Waals surface area contributed by atoms with Crippen molar-refractivity contribution in [1.82, 2.24) is 15.5 Å². The maximum absolute atomic E-state index is 5.22. The van der Waals surface area contributed by atoms with E-state index < -0.39 is 0 Å². The second-order valence-electron chi connectivity index (χ2n) is 6.49. The molecule has 0 saturated carbocycles. The second kappa shape index (κ2) is 8.11. The number of hydrogen-bond acceptors (Lipinski definition) is 5. The highest BCUT2D eigenvalue weighted by Gasteiger charge is 2.22. The molecule has 3 rings (SSSR count). The minimum Gasteiger partial charge on any atom is -0.497 e. The highest BCUT2D eigenvalue weighted by Crippen LogP contribution is 2.18. The van der Waals surface area contributed by atoms with Crippen molar-refractivity contribution in [2.24, 2.45) is 0 Å². The van der Waals surface area contributed by atoms with Crippen LogP contribution in [0.25, 0.3) is 0 Å². The largest absolute Gasteiger partial charge is 0.497 e. The van der Waals surface area contributed by atoms with Gasteiger partial charge in [0.05, 0.1) is 7.11 Å². The van der Waals surface area contributed by atoms with E-state index in [9.17, 15) is 0 Å². The summed E-state index contributed by atoms with van der Waals surface area (Å²) in [5, 5.41) is 12.0. The zero-order valence-corrected chi connectivity index (χ0v) is 14.5. The minimum atomic E-state index is 0.435. The molecule has 128 valence electrons. The molecule has 1 aromatic heterocycles. The van der Waals surface area contributed by atoms with Gasteiger partial charge in [-0.2, -0.15) is 5.10 Å². The van der Waals surface area contributed by atoms with E-state index in [1.807, 2.05) is 24.3 Å². The molecule has 1 aliphatic heterocycles. The molecule has 0 unspecified atom stereocenters. The van der Waals surface area contributed by atoms with Crippen molar-refractivity contribution in [2.45, 2.75) is 38.3 Å². The highest BCUT2D eigenvalue weighted by atomic mass is 16.5. The van der Waals surface area contributed by atoms with Gasteiger partial charge in [-0.25, -0.2) is 0 Å². The van der Waals surface area contributed by atoms with E-state index in [2.05, 4.69) is 39.5 Å². The lowest BCUT2D eigenvalue weighted by Gasteiger charge is -2.35. The fourth-order valence-electron chi connectivity index (χ4n) is 3.36. The van der Waals surface area contributed by atoms with Gasteiger partial charge >= 0.3 is 0 Å². The monoisotopic (exact) mass is 326 g/mol. The van der Waals surface area contributed by atoms with E-state index in [1.165, 1.54) is 18.4 Å². The first kappa shape index (κ1) is 16.7. The zero-order chi connectivity index (χ0) is 16.8. The van der Waals surface area contributed by atoms with E-state index in [0.29, 0.717) is 12.1 Å². The van der Waals surface area contributed by atoms with Gasteiger partial charge in [0.2, 0.25) is 0 Å². The van der Waals surface area contributed by atoms with Crippen LogP contribution in [0.2, 0.25) is 0 Å². The van der Waals surface area contributed by atoms with Crippen molar-refractivity contribution in [1.29, 1.82) is 0 Å². The van der Waals surface area contributed by atoms with E-state index >= 15 is 0 Å². The van der Waals surface area contributed by atoms with Crippen LogP contribution < -0.4 is 15.0 Å². The first-order valence-corrected chi connectivity index (χ1v) is 8.66. The number of nitrogens with zero attached hydrogens (tertiary/aromatic N) is 3. The quantitative estimate of drug-likeness (QED) is 0.884. The maximum Gasteiger partial charge on any atom is 0.151 e. The third-order valence-corrected chi connectivity index (χ3v) is 4.52. The number of piperidine rings is 1. The van der Waals surface area contributed by atoms with Crippen molar-refractivity contribution >= 4 is 5.82 Å². The molecule has 24 heavy (non-hydrogen) atoms. The fourth-order valence-corrected chi connectivity index (χ4v) is 3.36. The summed E-state index contributed by atoms with van der Waals surface area (Å²) in [6, 6.07) is 13.3. The number of ether oxygens (including phenoxy) is 1. The zero-order valence-electron chi connectivity index (χ0n) is 14.5. The summed E-state index contributed by atoms with van der Waals surface area (Å²) in [5.41, 5.74) is 1.33. The van der Waals surface area contributed by atoms with E-state index in [0.717, 1.165) is 31.1 Å². The molecular weight excluding hydrogens is 300 g/mol. The van der Waals surface area contributed by atoms with Gasteiger partial charge in [0.1, 0.15) is 5.75 Å². The molecule has 2 heterocycles. The van der Waals surface area contributed by atoms with E-state index in [-0.39, 0.29) is 0 Å². The Hall–Kier alpha value is -2.14. The summed E-state index contributed by atoms with van der Waals surface area (Å²) in [4.78, 5) is 2.33. The molecule has 5 heteroatoms. The molecule has 2 aromatic rings. The lowest BCUT2D eigenvalue weighted by Crippen LogP contribution is -2.49. The number of nitrogens with one attached hydrogen (secondary N) is 1. The van der Waals surface area contributed by atoms with Crippen LogP contribution in [-0.2, 0) is 6.42 Å². The van der Waals surface area contributed by atoms with Crippen LogP contribution in [0.1, 0.15) is 25.3 Å². The van der Waals surface area contributed by atoms with Crippen molar-refractivity contribution in [3.05, 3.63) is 48.2 Å². The molecule has 1 aromatic carbocycles. The maximum atomic E-state index is 5.22. The first-order valence-electron chi connectivity index (χ1n) is 8.66. The Labute approximate surface area is 144 Å². The number of rotatable bonds is 6. The fraction of sp³-hybridized carbons (Fsp3) is 0.474. The predicted molar refractivity (Wildman–Crippen MR) is 96.6 cm³/mol. The SMILES string of the molecule is COc1ccc(C[C@@H](C)N[C@@H]2CCCN(c3cccnn3)C2)cc1. The van der Waals surface area contributed by atoms with Gasteiger partial charge in [0, 0.05) is 31.4 Å². The highest BCUT2D eigenvalue weighted by molar-refractivity contribution is 5.37. The summed E-state index contributed by atoms with van der Waals surface area (Å²) in [7, 11) is 1.70. The molecule has 0 amide bonds. The number of methoxy groups -OCH3 is 1. The molecule has 0 bridgehead atoms. The Bertz CT molecular complexity index is 617. The third-order valence-electron chi connectivity index (χ3n) is 4.52. The Morgan fingerprint density at radius 1 is 1.29 bits per heavy atom. The number of benzene rings is 1. The Morgan fingerprint density at radius 3 is 2.83 bits per heavy atom. The van der Waals surface area contributed by atoms with Crippen molar-refractivity contribution < 1.29 is 4.74 Å². The van der Waals surface area contributed by atoms with Gasteiger partial charge in [0.15, 0.2) is 5.82 Å². The number of aromatic nitrogens is 2. The van der Waals surface area contributed by atoms with Crippen LogP contribution in [-0.4, -0.2) is 42.5 Å². The summed E-state index contributed by atoms with van der Waals surface area (Å²) in [5.74, 6) is 1.89. The molecule has 0 aliphatic carbocycles. The van der Waals surface area contributed by atoms with Gasteiger partial charge in [-0.1, -0.05) is 12.1 Å². The Morgan fingerprint density at radius 2 is 2.12 bits per heavy atom. The summed E-state index contributed by atoms with van der Waals surface area (Å²) < 4.78 is 5.22. The van der Waals surface area contributed by atoms with Crippen LogP contribution in [0.15, 0.2) is 42.6 Å². The molecule has 1 aliphatic rings. The molecule has 5 nitrogen and oxygen atoms in total. The van der Waals surface area contributed by atoms with Gasteiger partial charge in [0.25, 0.3) is 0 Å². The van der Waals surface area contributed by atoms with Crippen LogP contribution in [0.5, 0.6) is 5.75 Å². The summed E-state index contributed by atoms with van der Waals surface area (Å²) >= 11 is 0. The van der Waals surface area contributed by atoms with Crippen LogP contribution in [0.3, 0.4) is 0 Å². The lowest BCUT2D eigenvalue weighted by molar-refractivity contribution is 0.380. The molecular formula is C19H26N4O. The molecule has 1 saturated heterocycles. The lowest BCUT2D eigenvalue weighted by atomic mass is 10.0. The molecule has 2 atom stereocenters. The Kier molecular flexibility index (Phi) is 5.64. The number of hydrogen-bond donors (Lipinski definition) is 1. The topological polar surface area (TPSA) is 50.3 Å². The number of anilines is 1. The smallest absolute Gasteiger partial charge is 0.151 e. The molecule has 1 N–H and O–H groups in total. The average Bonchev–Trinajstić information content (AvgIpc) is 2.63. The third kappa shape index (κ3) is 4.45.